The van der Waals surface area contributed by atoms with Gasteiger partial charge in [-0.1, -0.05) is 41.9 Å². The Morgan fingerprint density at radius 3 is 2.50 bits per heavy atom. The second-order valence-corrected chi connectivity index (χ2v) is 10.2. The Kier molecular flexibility index (Phi) is 7.95. The van der Waals surface area contributed by atoms with Crippen molar-refractivity contribution in [2.24, 2.45) is 5.92 Å². The first kappa shape index (κ1) is 27.5. The highest BCUT2D eigenvalue weighted by atomic mass is 35.5. The standard InChI is InChI=1S/C29H28Cl2N6O3/c1-5-22(38)34-18-8-6-7-15(2)26(18)36-29-33-14-17-11-19(35-28(27(17)37-29)32-13-16-9-10-16)23-24(30)20(39-3)12-21(40-4)25(23)31/h5-8,11-12,14,16H,1,9-10,13H2,2-4H3,(H,32,35)(H,34,38)(H,33,36,37). The smallest absolute Gasteiger partial charge is 0.247 e. The maximum atomic E-state index is 12.0. The molecule has 9 nitrogen and oxygen atoms in total. The number of rotatable bonds is 10. The van der Waals surface area contributed by atoms with Crippen molar-refractivity contribution in [3.8, 4) is 22.8 Å². The highest BCUT2D eigenvalue weighted by Crippen LogP contribution is 2.46. The topological polar surface area (TPSA) is 110 Å². The van der Waals surface area contributed by atoms with Crippen molar-refractivity contribution in [3.63, 3.8) is 0 Å². The molecule has 0 atom stereocenters. The molecular formula is C29H28Cl2N6O3. The number of anilines is 4. The van der Waals surface area contributed by atoms with E-state index < -0.39 is 0 Å². The van der Waals surface area contributed by atoms with E-state index in [1.54, 1.807) is 18.3 Å². The molecule has 2 aromatic carbocycles. The van der Waals surface area contributed by atoms with Crippen LogP contribution in [0.3, 0.4) is 0 Å². The number of ether oxygens (including phenoxy) is 2. The van der Waals surface area contributed by atoms with Crippen molar-refractivity contribution in [1.82, 2.24) is 15.0 Å². The van der Waals surface area contributed by atoms with Gasteiger partial charge in [-0.2, -0.15) is 0 Å². The van der Waals surface area contributed by atoms with Crippen LogP contribution in [0.1, 0.15) is 18.4 Å². The minimum atomic E-state index is -0.317. The third-order valence-corrected chi connectivity index (χ3v) is 7.35. The number of carbonyl (C=O) groups is 1. The molecular weight excluding hydrogens is 551 g/mol. The van der Waals surface area contributed by atoms with Gasteiger partial charge in [-0.25, -0.2) is 15.0 Å². The lowest BCUT2D eigenvalue weighted by Crippen LogP contribution is -2.11. The first-order chi connectivity index (χ1) is 19.3. The Balaban J connectivity index is 1.61. The normalized spacial score (nSPS) is 12.6. The Morgan fingerprint density at radius 2 is 1.85 bits per heavy atom. The van der Waals surface area contributed by atoms with Gasteiger partial charge >= 0.3 is 0 Å². The number of pyridine rings is 1. The van der Waals surface area contributed by atoms with Gasteiger partial charge in [0.2, 0.25) is 11.9 Å². The quantitative estimate of drug-likeness (QED) is 0.172. The molecule has 11 heteroatoms. The van der Waals surface area contributed by atoms with E-state index >= 15 is 0 Å². The molecule has 2 heterocycles. The average molecular weight is 579 g/mol. The molecule has 3 N–H and O–H groups in total. The Morgan fingerprint density at radius 1 is 1.12 bits per heavy atom. The molecule has 4 aromatic rings. The molecule has 206 valence electrons. The largest absolute Gasteiger partial charge is 0.495 e. The zero-order chi connectivity index (χ0) is 28.4. The summed E-state index contributed by atoms with van der Waals surface area (Å²) in [6.45, 7) is 6.22. The molecule has 0 saturated heterocycles. The number of halogens is 2. The Bertz CT molecular complexity index is 1600. The number of aromatic nitrogens is 3. The van der Waals surface area contributed by atoms with E-state index in [9.17, 15) is 4.79 Å². The summed E-state index contributed by atoms with van der Waals surface area (Å²) < 4.78 is 10.9. The van der Waals surface area contributed by atoms with Crippen LogP contribution in [0.5, 0.6) is 11.5 Å². The Labute approximate surface area is 241 Å². The minimum Gasteiger partial charge on any atom is -0.495 e. The van der Waals surface area contributed by atoms with Crippen LogP contribution in [0.25, 0.3) is 22.2 Å². The predicted molar refractivity (Wildman–Crippen MR) is 160 cm³/mol. The monoisotopic (exact) mass is 578 g/mol. The molecule has 1 fully saturated rings. The zero-order valence-electron chi connectivity index (χ0n) is 22.3. The van der Waals surface area contributed by atoms with E-state index in [-0.39, 0.29) is 5.91 Å². The fourth-order valence-corrected chi connectivity index (χ4v) is 4.95. The predicted octanol–water partition coefficient (Wildman–Crippen LogP) is 7.01. The van der Waals surface area contributed by atoms with Crippen molar-refractivity contribution < 1.29 is 14.3 Å². The lowest BCUT2D eigenvalue weighted by Gasteiger charge is -2.17. The average Bonchev–Trinajstić information content (AvgIpc) is 3.78. The molecule has 1 saturated carbocycles. The summed E-state index contributed by atoms with van der Waals surface area (Å²) >= 11 is 13.4. The van der Waals surface area contributed by atoms with Crippen molar-refractivity contribution >= 4 is 63.2 Å². The number of aryl methyl sites for hydroxylation is 1. The summed E-state index contributed by atoms with van der Waals surface area (Å²) in [6, 6.07) is 9.05. The second kappa shape index (κ2) is 11.6. The van der Waals surface area contributed by atoms with Crippen molar-refractivity contribution in [2.75, 3.05) is 36.7 Å². The van der Waals surface area contributed by atoms with Gasteiger partial charge < -0.3 is 25.4 Å². The van der Waals surface area contributed by atoms with Crippen molar-refractivity contribution in [2.45, 2.75) is 19.8 Å². The lowest BCUT2D eigenvalue weighted by molar-refractivity contribution is -0.111. The van der Waals surface area contributed by atoms with E-state index in [0.717, 1.165) is 17.5 Å². The third kappa shape index (κ3) is 5.61. The number of fused-ring (bicyclic) bond motifs is 1. The number of methoxy groups -OCH3 is 2. The second-order valence-electron chi connectivity index (χ2n) is 9.41. The molecule has 40 heavy (non-hydrogen) atoms. The summed E-state index contributed by atoms with van der Waals surface area (Å²) in [4.78, 5) is 26.2. The van der Waals surface area contributed by atoms with Crippen LogP contribution in [0.2, 0.25) is 10.0 Å². The molecule has 1 aliphatic carbocycles. The van der Waals surface area contributed by atoms with Gasteiger partial charge in [0, 0.05) is 29.8 Å². The highest BCUT2D eigenvalue weighted by molar-refractivity contribution is 6.41. The minimum absolute atomic E-state index is 0.317. The first-order valence-electron chi connectivity index (χ1n) is 12.6. The van der Waals surface area contributed by atoms with Crippen molar-refractivity contribution in [1.29, 1.82) is 0 Å². The number of benzene rings is 2. The number of para-hydroxylation sites is 1. The van der Waals surface area contributed by atoms with Crippen LogP contribution >= 0.6 is 23.2 Å². The summed E-state index contributed by atoms with van der Waals surface area (Å²) in [5.41, 5.74) is 3.80. The number of amides is 1. The van der Waals surface area contributed by atoms with E-state index in [4.69, 9.17) is 42.6 Å². The number of hydrogen-bond acceptors (Lipinski definition) is 8. The van der Waals surface area contributed by atoms with Crippen LogP contribution in [-0.2, 0) is 4.79 Å². The summed E-state index contributed by atoms with van der Waals surface area (Å²) in [6.07, 6.45) is 5.26. The maximum Gasteiger partial charge on any atom is 0.247 e. The third-order valence-electron chi connectivity index (χ3n) is 6.60. The van der Waals surface area contributed by atoms with Gasteiger partial charge in [0.05, 0.1) is 41.3 Å². The maximum absolute atomic E-state index is 12.0. The highest BCUT2D eigenvalue weighted by Gasteiger charge is 2.24. The van der Waals surface area contributed by atoms with E-state index in [0.29, 0.717) is 67.4 Å². The van der Waals surface area contributed by atoms with E-state index in [2.05, 4.69) is 27.5 Å². The van der Waals surface area contributed by atoms with E-state index in [1.807, 2.05) is 25.1 Å². The lowest BCUT2D eigenvalue weighted by atomic mass is 10.1. The summed E-state index contributed by atoms with van der Waals surface area (Å²) in [7, 11) is 3.06. The van der Waals surface area contributed by atoms with Crippen LogP contribution in [-0.4, -0.2) is 41.6 Å². The van der Waals surface area contributed by atoms with Gasteiger partial charge in [-0.05, 0) is 49.5 Å². The molecule has 5 rings (SSSR count). The molecule has 2 aromatic heterocycles. The molecule has 0 bridgehead atoms. The van der Waals surface area contributed by atoms with Gasteiger partial charge in [0.1, 0.15) is 17.0 Å². The Hall–Kier alpha value is -4.08. The zero-order valence-corrected chi connectivity index (χ0v) is 23.8. The van der Waals surface area contributed by atoms with Crippen molar-refractivity contribution in [3.05, 3.63) is 64.8 Å². The van der Waals surface area contributed by atoms with Gasteiger partial charge in [-0.3, -0.25) is 4.79 Å². The molecule has 0 spiro atoms. The van der Waals surface area contributed by atoms with Crippen LogP contribution < -0.4 is 25.4 Å². The number of nitrogens with one attached hydrogen (secondary N) is 3. The molecule has 0 aliphatic heterocycles. The van der Waals surface area contributed by atoms with Crippen LogP contribution in [0.15, 0.2) is 49.2 Å². The van der Waals surface area contributed by atoms with E-state index in [1.165, 1.54) is 33.1 Å². The number of nitrogens with zero attached hydrogens (tertiary/aromatic N) is 3. The van der Waals surface area contributed by atoms with Crippen LogP contribution in [0.4, 0.5) is 23.1 Å². The molecule has 0 unspecified atom stereocenters. The van der Waals surface area contributed by atoms with Gasteiger partial charge in [-0.15, -0.1) is 0 Å². The van der Waals surface area contributed by atoms with Crippen LogP contribution in [0, 0.1) is 12.8 Å². The molecule has 1 aliphatic rings. The number of carbonyl (C=O) groups excluding carboxylic acids is 1. The summed E-state index contributed by atoms with van der Waals surface area (Å²) in [5.74, 6) is 2.03. The fraction of sp³-hybridized carbons (Fsp3) is 0.241. The number of hydrogen-bond donors (Lipinski definition) is 3. The molecule has 1 amide bonds. The fourth-order valence-electron chi connectivity index (χ4n) is 4.26. The van der Waals surface area contributed by atoms with Gasteiger partial charge in [0.25, 0.3) is 0 Å². The summed E-state index contributed by atoms with van der Waals surface area (Å²) in [5, 5.41) is 10.9. The first-order valence-corrected chi connectivity index (χ1v) is 13.4. The molecule has 0 radical (unpaired) electrons. The SMILES string of the molecule is C=CC(=O)Nc1cccc(C)c1Nc1ncc2cc(-c3c(Cl)c(OC)cc(OC)c3Cl)nc(NCC3CC3)c2n1. The van der Waals surface area contributed by atoms with Gasteiger partial charge in [0.15, 0.2) is 5.82 Å².